The van der Waals surface area contributed by atoms with Crippen LogP contribution in [-0.2, 0) is 4.74 Å². The van der Waals surface area contributed by atoms with E-state index in [4.69, 9.17) is 10.5 Å². The largest absolute Gasteiger partial charge is 0.426 e. The second-order valence-corrected chi connectivity index (χ2v) is 3.90. The van der Waals surface area contributed by atoms with E-state index in [-0.39, 0.29) is 5.88 Å². The van der Waals surface area contributed by atoms with E-state index in [0.717, 1.165) is 11.4 Å². The first-order chi connectivity index (χ1) is 8.52. The first kappa shape index (κ1) is 13.7. The quantitative estimate of drug-likeness (QED) is 0.597. The van der Waals surface area contributed by atoms with E-state index in [1.54, 1.807) is 12.2 Å². The fraction of sp³-hybridized carbons (Fsp3) is 0.143. The molecule has 0 spiro atoms. The van der Waals surface area contributed by atoms with E-state index in [1.165, 1.54) is 0 Å². The van der Waals surface area contributed by atoms with Crippen molar-refractivity contribution in [1.82, 2.24) is 0 Å². The Morgan fingerprint density at radius 1 is 1.33 bits per heavy atom. The third kappa shape index (κ3) is 4.25. The van der Waals surface area contributed by atoms with Crippen LogP contribution in [0.3, 0.4) is 0 Å². The van der Waals surface area contributed by atoms with Gasteiger partial charge in [-0.3, -0.25) is 0 Å². The summed E-state index contributed by atoms with van der Waals surface area (Å²) in [5.74, 6) is 0.607. The number of nitrogens with zero attached hydrogens (tertiary/aromatic N) is 1. The molecule has 18 heavy (non-hydrogen) atoms. The minimum absolute atomic E-state index is 0.243. The van der Waals surface area contributed by atoms with Crippen molar-refractivity contribution in [3.8, 4) is 0 Å². The summed E-state index contributed by atoms with van der Waals surface area (Å²) >= 11 is 0. The Morgan fingerprint density at radius 3 is 2.44 bits per heavy atom. The maximum Gasteiger partial charge on any atom is 0.192 e. The number of ether oxygens (including phenoxy) is 1. The van der Waals surface area contributed by atoms with Crippen molar-refractivity contribution in [3.63, 3.8) is 0 Å². The molecule has 0 aromatic heterocycles. The Balaban J connectivity index is 2.59. The molecule has 0 unspecified atom stereocenters. The van der Waals surface area contributed by atoms with Gasteiger partial charge in [0, 0.05) is 25.5 Å². The molecule has 96 valence electrons. The molecule has 0 heterocycles. The number of rotatable bonds is 6. The molecule has 3 N–H and O–H groups in total. The lowest BCUT2D eigenvalue weighted by molar-refractivity contribution is 0.309. The molecule has 0 radical (unpaired) electrons. The number of nitrogens with two attached hydrogens (primary N) is 1. The van der Waals surface area contributed by atoms with Gasteiger partial charge in [0.2, 0.25) is 0 Å². The van der Waals surface area contributed by atoms with Crippen LogP contribution in [0.15, 0.2) is 61.3 Å². The van der Waals surface area contributed by atoms with Gasteiger partial charge in [-0.05, 0) is 36.9 Å². The molecule has 0 aliphatic heterocycles. The monoisotopic (exact) mass is 245 g/mol. The second-order valence-electron chi connectivity index (χ2n) is 3.90. The average molecular weight is 245 g/mol. The molecule has 1 aromatic rings. The summed E-state index contributed by atoms with van der Waals surface area (Å²) in [6.45, 7) is 7.26. The highest BCUT2D eigenvalue weighted by molar-refractivity contribution is 5.55. The number of anilines is 2. The second kappa shape index (κ2) is 6.39. The van der Waals surface area contributed by atoms with E-state index in [2.05, 4.69) is 18.5 Å². The van der Waals surface area contributed by atoms with Crippen LogP contribution in [0.4, 0.5) is 11.4 Å². The van der Waals surface area contributed by atoms with Crippen molar-refractivity contribution in [1.29, 1.82) is 0 Å². The molecule has 0 bridgehead atoms. The molecule has 1 rings (SSSR count). The van der Waals surface area contributed by atoms with Gasteiger partial charge in [-0.1, -0.05) is 12.7 Å². The zero-order valence-corrected chi connectivity index (χ0v) is 10.8. The van der Waals surface area contributed by atoms with Crippen molar-refractivity contribution >= 4 is 11.4 Å². The average Bonchev–Trinajstić information content (AvgIpc) is 2.29. The molecule has 0 aliphatic rings. The predicted molar refractivity (Wildman–Crippen MR) is 77.1 cm³/mol. The highest BCUT2D eigenvalue weighted by atomic mass is 16.5. The summed E-state index contributed by atoms with van der Waals surface area (Å²) < 4.78 is 5.22. The topological polar surface area (TPSA) is 50.5 Å². The van der Waals surface area contributed by atoms with E-state index in [0.29, 0.717) is 5.88 Å². The molecular formula is C14H19N3O. The molecule has 4 heteroatoms. The van der Waals surface area contributed by atoms with Crippen LogP contribution in [0.25, 0.3) is 0 Å². The number of hydrogen-bond donors (Lipinski definition) is 2. The summed E-state index contributed by atoms with van der Waals surface area (Å²) in [6.07, 6.45) is 3.11. The van der Waals surface area contributed by atoms with Crippen molar-refractivity contribution in [2.75, 3.05) is 24.3 Å². The standard InChI is InChI=1S/C14H19N3O/c1-5-6-14(15)18-11(2)16-12-7-9-13(10-8-12)17(3)4/h5-10,16H,1-2,15H2,3-4H3/b14-6-. The van der Waals surface area contributed by atoms with E-state index < -0.39 is 0 Å². The number of hydrogen-bond acceptors (Lipinski definition) is 4. The highest BCUT2D eigenvalue weighted by Gasteiger charge is 1.99. The normalized spacial score (nSPS) is 10.7. The van der Waals surface area contributed by atoms with Crippen LogP contribution in [-0.4, -0.2) is 14.1 Å². The molecule has 0 saturated heterocycles. The van der Waals surface area contributed by atoms with Crippen LogP contribution in [0.1, 0.15) is 0 Å². The van der Waals surface area contributed by atoms with E-state index >= 15 is 0 Å². The number of nitrogens with one attached hydrogen (secondary N) is 1. The van der Waals surface area contributed by atoms with Crippen molar-refractivity contribution in [2.45, 2.75) is 0 Å². The van der Waals surface area contributed by atoms with Crippen LogP contribution in [0.2, 0.25) is 0 Å². The number of benzene rings is 1. The fourth-order valence-corrected chi connectivity index (χ4v) is 1.32. The lowest BCUT2D eigenvalue weighted by Gasteiger charge is -2.14. The zero-order chi connectivity index (χ0) is 13.5. The Labute approximate surface area is 108 Å². The van der Waals surface area contributed by atoms with Gasteiger partial charge < -0.3 is 20.7 Å². The molecule has 0 amide bonds. The molecule has 1 aromatic carbocycles. The molecule has 0 fully saturated rings. The van der Waals surface area contributed by atoms with Crippen LogP contribution in [0, 0.1) is 0 Å². The minimum Gasteiger partial charge on any atom is -0.426 e. The van der Waals surface area contributed by atoms with Gasteiger partial charge >= 0.3 is 0 Å². The van der Waals surface area contributed by atoms with E-state index in [9.17, 15) is 0 Å². The summed E-state index contributed by atoms with van der Waals surface area (Å²) in [5, 5.41) is 3.01. The van der Waals surface area contributed by atoms with Crippen molar-refractivity contribution < 1.29 is 4.74 Å². The third-order valence-corrected chi connectivity index (χ3v) is 2.19. The van der Waals surface area contributed by atoms with Crippen LogP contribution >= 0.6 is 0 Å². The third-order valence-electron chi connectivity index (χ3n) is 2.19. The highest BCUT2D eigenvalue weighted by Crippen LogP contribution is 2.17. The first-order valence-electron chi connectivity index (χ1n) is 5.52. The molecule has 4 nitrogen and oxygen atoms in total. The molecular weight excluding hydrogens is 226 g/mol. The smallest absolute Gasteiger partial charge is 0.192 e. The summed E-state index contributed by atoms with van der Waals surface area (Å²) in [7, 11) is 3.98. The van der Waals surface area contributed by atoms with E-state index in [1.807, 2.05) is 43.3 Å². The van der Waals surface area contributed by atoms with Gasteiger partial charge in [0.25, 0.3) is 0 Å². The lowest BCUT2D eigenvalue weighted by Crippen LogP contribution is -2.09. The lowest BCUT2D eigenvalue weighted by atomic mass is 10.2. The van der Waals surface area contributed by atoms with Crippen molar-refractivity contribution in [2.24, 2.45) is 5.73 Å². The van der Waals surface area contributed by atoms with Gasteiger partial charge in [-0.15, -0.1) is 0 Å². The molecule has 0 atom stereocenters. The first-order valence-corrected chi connectivity index (χ1v) is 5.52. The maximum absolute atomic E-state index is 5.56. The Kier molecular flexibility index (Phi) is 4.87. The van der Waals surface area contributed by atoms with Crippen LogP contribution < -0.4 is 16.0 Å². The molecule has 0 saturated carbocycles. The van der Waals surface area contributed by atoms with Gasteiger partial charge in [-0.2, -0.15) is 0 Å². The summed E-state index contributed by atoms with van der Waals surface area (Å²) in [5.41, 5.74) is 7.57. The zero-order valence-electron chi connectivity index (χ0n) is 10.8. The molecule has 0 aliphatic carbocycles. The predicted octanol–water partition coefficient (Wildman–Crippen LogP) is 2.64. The number of allylic oxidation sites excluding steroid dienone is 2. The van der Waals surface area contributed by atoms with Gasteiger partial charge in [0.1, 0.15) is 0 Å². The van der Waals surface area contributed by atoms with Gasteiger partial charge in [-0.25, -0.2) is 0 Å². The van der Waals surface area contributed by atoms with Gasteiger partial charge in [0.05, 0.1) is 0 Å². The SMILES string of the molecule is C=C/C=C(/N)OC(=C)Nc1ccc(N(C)C)cc1. The Bertz CT molecular complexity index is 447. The van der Waals surface area contributed by atoms with Gasteiger partial charge in [0.15, 0.2) is 11.8 Å². The van der Waals surface area contributed by atoms with Crippen LogP contribution in [0.5, 0.6) is 0 Å². The van der Waals surface area contributed by atoms with Crippen molar-refractivity contribution in [3.05, 3.63) is 61.3 Å². The Hall–Kier alpha value is -2.36. The minimum atomic E-state index is 0.243. The summed E-state index contributed by atoms with van der Waals surface area (Å²) in [6, 6.07) is 7.88. The Morgan fingerprint density at radius 2 is 1.94 bits per heavy atom. The maximum atomic E-state index is 5.56. The fourth-order valence-electron chi connectivity index (χ4n) is 1.32. The summed E-state index contributed by atoms with van der Waals surface area (Å²) in [4.78, 5) is 2.03.